The first-order chi connectivity index (χ1) is 6.45. The molecule has 0 radical (unpaired) electrons. The van der Waals surface area contributed by atoms with Crippen molar-refractivity contribution in [3.63, 3.8) is 0 Å². The Morgan fingerprint density at radius 1 is 1.00 bits per heavy atom. The molecule has 1 aliphatic carbocycles. The standard InChI is InChI=1S/C14H26/c1-9(2)12-7-8-13(10(3)4)14(12)11(5)6/h7,9-11,13-14H,8H2,1-6H3/t13-,14?/m0/s1. The van der Waals surface area contributed by atoms with Crippen molar-refractivity contribution in [3.05, 3.63) is 11.6 Å². The molecule has 0 saturated carbocycles. The molecule has 1 unspecified atom stereocenters. The third-order valence-corrected chi connectivity index (χ3v) is 3.71. The van der Waals surface area contributed by atoms with Crippen LogP contribution in [-0.2, 0) is 0 Å². The van der Waals surface area contributed by atoms with Gasteiger partial charge >= 0.3 is 0 Å². The first-order valence-electron chi connectivity index (χ1n) is 6.15. The van der Waals surface area contributed by atoms with Crippen LogP contribution >= 0.6 is 0 Å². The summed E-state index contributed by atoms with van der Waals surface area (Å²) in [6.45, 7) is 14.2. The molecule has 2 atom stereocenters. The van der Waals surface area contributed by atoms with Crippen molar-refractivity contribution in [3.8, 4) is 0 Å². The van der Waals surface area contributed by atoms with Crippen LogP contribution in [0.2, 0.25) is 0 Å². The fraction of sp³-hybridized carbons (Fsp3) is 0.857. The highest BCUT2D eigenvalue weighted by Gasteiger charge is 2.34. The van der Waals surface area contributed by atoms with Gasteiger partial charge in [-0.2, -0.15) is 0 Å². The fourth-order valence-electron chi connectivity index (χ4n) is 2.99. The van der Waals surface area contributed by atoms with Gasteiger partial charge in [-0.1, -0.05) is 53.2 Å². The lowest BCUT2D eigenvalue weighted by Crippen LogP contribution is -2.23. The summed E-state index contributed by atoms with van der Waals surface area (Å²) in [6.07, 6.45) is 3.83. The van der Waals surface area contributed by atoms with Crippen molar-refractivity contribution in [2.24, 2.45) is 29.6 Å². The van der Waals surface area contributed by atoms with E-state index in [1.54, 1.807) is 5.57 Å². The first kappa shape index (κ1) is 11.8. The molecule has 0 N–H and O–H groups in total. The molecule has 0 aromatic heterocycles. The molecule has 1 rings (SSSR count). The molecule has 0 heteroatoms. The summed E-state index contributed by atoms with van der Waals surface area (Å²) in [6, 6.07) is 0. The maximum atomic E-state index is 2.51. The SMILES string of the molecule is CC(C)C1=CC[C@@H](C(C)C)C1C(C)C. The summed E-state index contributed by atoms with van der Waals surface area (Å²) >= 11 is 0. The van der Waals surface area contributed by atoms with E-state index in [2.05, 4.69) is 47.6 Å². The molecule has 0 nitrogen and oxygen atoms in total. The monoisotopic (exact) mass is 194 g/mol. The van der Waals surface area contributed by atoms with Crippen molar-refractivity contribution in [2.45, 2.75) is 48.0 Å². The van der Waals surface area contributed by atoms with E-state index in [4.69, 9.17) is 0 Å². The van der Waals surface area contributed by atoms with Crippen molar-refractivity contribution in [1.82, 2.24) is 0 Å². The van der Waals surface area contributed by atoms with Gasteiger partial charge in [0.15, 0.2) is 0 Å². The molecule has 14 heavy (non-hydrogen) atoms. The number of hydrogen-bond acceptors (Lipinski definition) is 0. The van der Waals surface area contributed by atoms with Crippen molar-refractivity contribution in [2.75, 3.05) is 0 Å². The zero-order chi connectivity index (χ0) is 10.9. The molecule has 0 aliphatic heterocycles. The summed E-state index contributed by atoms with van der Waals surface area (Å²) in [4.78, 5) is 0. The van der Waals surface area contributed by atoms with Crippen LogP contribution in [0.5, 0.6) is 0 Å². The van der Waals surface area contributed by atoms with Crippen LogP contribution in [0.15, 0.2) is 11.6 Å². The number of allylic oxidation sites excluding steroid dienone is 2. The Morgan fingerprint density at radius 2 is 1.57 bits per heavy atom. The minimum Gasteiger partial charge on any atom is -0.0845 e. The van der Waals surface area contributed by atoms with Gasteiger partial charge in [0.1, 0.15) is 0 Å². The summed E-state index contributed by atoms with van der Waals surface area (Å²) in [5, 5.41) is 0. The second kappa shape index (κ2) is 4.51. The molecule has 0 aromatic rings. The Balaban J connectivity index is 2.81. The average Bonchev–Trinajstić information content (AvgIpc) is 2.46. The maximum absolute atomic E-state index is 2.51. The van der Waals surface area contributed by atoms with Gasteiger partial charge in [0.2, 0.25) is 0 Å². The Labute approximate surface area is 89.8 Å². The topological polar surface area (TPSA) is 0 Å². The number of rotatable bonds is 3. The van der Waals surface area contributed by atoms with Crippen LogP contribution < -0.4 is 0 Å². The Kier molecular flexibility index (Phi) is 3.80. The zero-order valence-electron chi connectivity index (χ0n) is 10.7. The zero-order valence-corrected chi connectivity index (χ0v) is 10.7. The highest BCUT2D eigenvalue weighted by molar-refractivity contribution is 5.18. The minimum atomic E-state index is 0.742. The predicted molar refractivity (Wildman–Crippen MR) is 64.2 cm³/mol. The Bertz CT molecular complexity index is 208. The fourth-order valence-corrected chi connectivity index (χ4v) is 2.99. The molecule has 0 bridgehead atoms. The molecule has 0 amide bonds. The predicted octanol–water partition coefficient (Wildman–Crippen LogP) is 4.52. The van der Waals surface area contributed by atoms with E-state index in [1.165, 1.54) is 6.42 Å². The maximum Gasteiger partial charge on any atom is -0.0144 e. The summed E-state index contributed by atoms with van der Waals surface area (Å²) in [5.74, 6) is 4.11. The van der Waals surface area contributed by atoms with E-state index in [1.807, 2.05) is 0 Å². The molecule has 0 spiro atoms. The summed E-state index contributed by atoms with van der Waals surface area (Å²) < 4.78 is 0. The van der Waals surface area contributed by atoms with Crippen LogP contribution in [0, 0.1) is 29.6 Å². The smallest absolute Gasteiger partial charge is 0.0144 e. The third kappa shape index (κ3) is 2.21. The highest BCUT2D eigenvalue weighted by Crippen LogP contribution is 2.43. The van der Waals surface area contributed by atoms with Gasteiger partial charge in [0, 0.05) is 0 Å². The lowest BCUT2D eigenvalue weighted by atomic mass is 9.74. The Hall–Kier alpha value is -0.260. The van der Waals surface area contributed by atoms with Crippen LogP contribution in [0.25, 0.3) is 0 Å². The molecule has 1 aliphatic rings. The van der Waals surface area contributed by atoms with Crippen LogP contribution in [0.3, 0.4) is 0 Å². The largest absolute Gasteiger partial charge is 0.0845 e. The van der Waals surface area contributed by atoms with Gasteiger partial charge in [0.05, 0.1) is 0 Å². The second-order valence-electron chi connectivity index (χ2n) is 5.77. The molecule has 0 aromatic carbocycles. The van der Waals surface area contributed by atoms with Gasteiger partial charge in [-0.05, 0) is 36.0 Å². The van der Waals surface area contributed by atoms with E-state index in [0.717, 1.165) is 29.6 Å². The first-order valence-corrected chi connectivity index (χ1v) is 6.15. The van der Waals surface area contributed by atoms with Gasteiger partial charge in [-0.25, -0.2) is 0 Å². The van der Waals surface area contributed by atoms with Crippen molar-refractivity contribution >= 4 is 0 Å². The molecule has 0 fully saturated rings. The number of hydrogen-bond donors (Lipinski definition) is 0. The van der Waals surface area contributed by atoms with E-state index in [0.29, 0.717) is 0 Å². The molecule has 82 valence electrons. The van der Waals surface area contributed by atoms with E-state index < -0.39 is 0 Å². The summed E-state index contributed by atoms with van der Waals surface area (Å²) in [5.41, 5.74) is 1.72. The Morgan fingerprint density at radius 3 is 1.93 bits per heavy atom. The third-order valence-electron chi connectivity index (χ3n) is 3.71. The van der Waals surface area contributed by atoms with Gasteiger partial charge in [0.25, 0.3) is 0 Å². The highest BCUT2D eigenvalue weighted by atomic mass is 14.4. The minimum absolute atomic E-state index is 0.742. The van der Waals surface area contributed by atoms with Crippen molar-refractivity contribution < 1.29 is 0 Å². The van der Waals surface area contributed by atoms with Crippen molar-refractivity contribution in [1.29, 1.82) is 0 Å². The van der Waals surface area contributed by atoms with Gasteiger partial charge in [-0.3, -0.25) is 0 Å². The van der Waals surface area contributed by atoms with Crippen LogP contribution in [0.1, 0.15) is 48.0 Å². The van der Waals surface area contributed by atoms with E-state index in [9.17, 15) is 0 Å². The molecular weight excluding hydrogens is 168 g/mol. The molecule has 0 saturated heterocycles. The van der Waals surface area contributed by atoms with E-state index >= 15 is 0 Å². The quantitative estimate of drug-likeness (QED) is 0.580. The van der Waals surface area contributed by atoms with Crippen LogP contribution in [-0.4, -0.2) is 0 Å². The van der Waals surface area contributed by atoms with Gasteiger partial charge < -0.3 is 0 Å². The lowest BCUT2D eigenvalue weighted by molar-refractivity contribution is 0.243. The lowest BCUT2D eigenvalue weighted by Gasteiger charge is -2.30. The summed E-state index contributed by atoms with van der Waals surface area (Å²) in [7, 11) is 0. The second-order valence-corrected chi connectivity index (χ2v) is 5.77. The van der Waals surface area contributed by atoms with E-state index in [-0.39, 0.29) is 0 Å². The average molecular weight is 194 g/mol. The van der Waals surface area contributed by atoms with Gasteiger partial charge in [-0.15, -0.1) is 0 Å². The molecule has 0 heterocycles. The normalized spacial score (nSPS) is 27.9. The van der Waals surface area contributed by atoms with Crippen LogP contribution in [0.4, 0.5) is 0 Å². The molecular formula is C14H26.